The first-order chi connectivity index (χ1) is 7.65. The summed E-state index contributed by atoms with van der Waals surface area (Å²) < 4.78 is 13.5. The lowest BCUT2D eigenvalue weighted by molar-refractivity contribution is 0.628. The summed E-state index contributed by atoms with van der Waals surface area (Å²) in [5, 5.41) is 3.26. The number of halogens is 3. The first-order valence-corrected chi connectivity index (χ1v) is 5.52. The van der Waals surface area contributed by atoms with Crippen LogP contribution < -0.4 is 5.32 Å². The number of rotatable bonds is 2. The van der Waals surface area contributed by atoms with E-state index in [-0.39, 0.29) is 5.82 Å². The number of hydrogen-bond acceptors (Lipinski definition) is 3. The maximum Gasteiger partial charge on any atom is 0.134 e. The van der Waals surface area contributed by atoms with Crippen molar-refractivity contribution in [2.45, 2.75) is 0 Å². The molecule has 0 saturated carbocycles. The molecule has 0 aliphatic carbocycles. The van der Waals surface area contributed by atoms with E-state index in [1.165, 1.54) is 18.5 Å². The molecule has 1 N–H and O–H groups in total. The third-order valence-corrected chi connectivity index (χ3v) is 2.57. The lowest BCUT2D eigenvalue weighted by atomic mass is 10.3. The van der Waals surface area contributed by atoms with Gasteiger partial charge in [0.25, 0.3) is 0 Å². The van der Waals surface area contributed by atoms with E-state index in [9.17, 15) is 4.39 Å². The molecule has 2 rings (SSSR count). The number of nitrogens with one attached hydrogen (secondary N) is 1. The van der Waals surface area contributed by atoms with Gasteiger partial charge >= 0.3 is 0 Å². The third kappa shape index (κ3) is 2.68. The van der Waals surface area contributed by atoms with Crippen molar-refractivity contribution in [2.24, 2.45) is 0 Å². The summed E-state index contributed by atoms with van der Waals surface area (Å²) in [6.45, 7) is 0. The summed E-state index contributed by atoms with van der Waals surface area (Å²) in [6, 6.07) is 5.80. The van der Waals surface area contributed by atoms with E-state index in [1.807, 2.05) is 0 Å². The summed E-state index contributed by atoms with van der Waals surface area (Å²) in [4.78, 5) is 7.88. The summed E-state index contributed by atoms with van der Waals surface area (Å²) in [7, 11) is 0. The molecule has 3 nitrogen and oxygen atoms in total. The van der Waals surface area contributed by atoms with Crippen LogP contribution in [-0.4, -0.2) is 9.97 Å². The van der Waals surface area contributed by atoms with Crippen LogP contribution in [0.4, 0.5) is 15.9 Å². The lowest BCUT2D eigenvalue weighted by Crippen LogP contribution is -1.95. The second-order valence-corrected chi connectivity index (χ2v) is 4.19. The fraction of sp³-hybridized carbons (Fsp3) is 0. The van der Waals surface area contributed by atoms with E-state index in [0.29, 0.717) is 21.1 Å². The van der Waals surface area contributed by atoms with Gasteiger partial charge in [0.2, 0.25) is 0 Å². The van der Waals surface area contributed by atoms with Gasteiger partial charge in [-0.1, -0.05) is 11.6 Å². The molecule has 0 unspecified atom stereocenters. The summed E-state index contributed by atoms with van der Waals surface area (Å²) in [5.41, 5.74) is 0.591. The molecule has 1 aromatic carbocycles. The standard InChI is InChI=1S/C10H6BrClFN3/c11-9-4-10(15-5-14-9)16-8-2-1-6(13)3-7(8)12/h1-5H,(H,14,15,16). The topological polar surface area (TPSA) is 37.8 Å². The lowest BCUT2D eigenvalue weighted by Gasteiger charge is -2.07. The molecule has 0 amide bonds. The number of nitrogens with zero attached hydrogens (tertiary/aromatic N) is 2. The van der Waals surface area contributed by atoms with Gasteiger partial charge in [-0.05, 0) is 34.1 Å². The maximum atomic E-state index is 12.8. The van der Waals surface area contributed by atoms with Gasteiger partial charge in [0.15, 0.2) is 0 Å². The van der Waals surface area contributed by atoms with E-state index >= 15 is 0 Å². The highest BCUT2D eigenvalue weighted by Gasteiger charge is 2.03. The van der Waals surface area contributed by atoms with Crippen molar-refractivity contribution in [1.82, 2.24) is 9.97 Å². The number of aromatic nitrogens is 2. The molecule has 0 bridgehead atoms. The van der Waals surface area contributed by atoms with E-state index in [2.05, 4.69) is 31.2 Å². The zero-order chi connectivity index (χ0) is 11.5. The molecular formula is C10H6BrClFN3. The molecule has 0 aliphatic heterocycles. The molecule has 0 saturated heterocycles. The van der Waals surface area contributed by atoms with Crippen molar-refractivity contribution < 1.29 is 4.39 Å². The summed E-state index contributed by atoms with van der Waals surface area (Å²) in [5.74, 6) is 0.204. The van der Waals surface area contributed by atoms with Crippen molar-refractivity contribution in [2.75, 3.05) is 5.32 Å². The Balaban J connectivity index is 2.27. The van der Waals surface area contributed by atoms with Crippen molar-refractivity contribution in [3.63, 3.8) is 0 Å². The molecule has 0 fully saturated rings. The van der Waals surface area contributed by atoms with Gasteiger partial charge in [-0.25, -0.2) is 14.4 Å². The van der Waals surface area contributed by atoms with Gasteiger partial charge in [0.05, 0.1) is 10.7 Å². The maximum absolute atomic E-state index is 12.8. The van der Waals surface area contributed by atoms with Gasteiger partial charge in [-0.3, -0.25) is 0 Å². The zero-order valence-corrected chi connectivity index (χ0v) is 10.3. The van der Waals surface area contributed by atoms with Crippen LogP contribution >= 0.6 is 27.5 Å². The average molecular weight is 303 g/mol. The first-order valence-electron chi connectivity index (χ1n) is 4.35. The van der Waals surface area contributed by atoms with Crippen LogP contribution in [0.1, 0.15) is 0 Å². The Morgan fingerprint density at radius 1 is 1.25 bits per heavy atom. The minimum Gasteiger partial charge on any atom is -0.339 e. The molecule has 1 aromatic heterocycles. The molecule has 1 heterocycles. The number of benzene rings is 1. The highest BCUT2D eigenvalue weighted by Crippen LogP contribution is 2.25. The molecule has 0 radical (unpaired) electrons. The van der Waals surface area contributed by atoms with Crippen LogP contribution in [0.2, 0.25) is 5.02 Å². The molecule has 16 heavy (non-hydrogen) atoms. The van der Waals surface area contributed by atoms with Crippen molar-refractivity contribution in [1.29, 1.82) is 0 Å². The minimum absolute atomic E-state index is 0.301. The third-order valence-electron chi connectivity index (χ3n) is 1.83. The van der Waals surface area contributed by atoms with Crippen LogP contribution in [0.5, 0.6) is 0 Å². The van der Waals surface area contributed by atoms with Crippen LogP contribution in [0.15, 0.2) is 35.2 Å². The van der Waals surface area contributed by atoms with Crippen molar-refractivity contribution in [3.8, 4) is 0 Å². The average Bonchev–Trinajstić information content (AvgIpc) is 2.22. The Bertz CT molecular complexity index is 521. The molecule has 6 heteroatoms. The van der Waals surface area contributed by atoms with Crippen molar-refractivity contribution in [3.05, 3.63) is 46.0 Å². The first kappa shape index (κ1) is 11.3. The minimum atomic E-state index is -0.376. The van der Waals surface area contributed by atoms with Gasteiger partial charge < -0.3 is 5.32 Å². The largest absolute Gasteiger partial charge is 0.339 e. The van der Waals surface area contributed by atoms with Crippen LogP contribution in [-0.2, 0) is 0 Å². The Hall–Kier alpha value is -1.20. The molecule has 0 spiro atoms. The van der Waals surface area contributed by atoms with E-state index in [4.69, 9.17) is 11.6 Å². The predicted molar refractivity (Wildman–Crippen MR) is 64.4 cm³/mol. The normalized spacial score (nSPS) is 10.2. The second kappa shape index (κ2) is 4.76. The van der Waals surface area contributed by atoms with Crippen LogP contribution in [0.25, 0.3) is 0 Å². The van der Waals surface area contributed by atoms with Gasteiger partial charge in [-0.2, -0.15) is 0 Å². The highest BCUT2D eigenvalue weighted by molar-refractivity contribution is 9.10. The Morgan fingerprint density at radius 2 is 2.06 bits per heavy atom. The fourth-order valence-electron chi connectivity index (χ4n) is 1.13. The summed E-state index contributed by atoms with van der Waals surface area (Å²) in [6.07, 6.45) is 1.41. The zero-order valence-electron chi connectivity index (χ0n) is 7.92. The van der Waals surface area contributed by atoms with Crippen LogP contribution in [0, 0.1) is 5.82 Å². The molecule has 0 atom stereocenters. The van der Waals surface area contributed by atoms with Gasteiger partial charge in [0, 0.05) is 6.07 Å². The van der Waals surface area contributed by atoms with E-state index in [1.54, 1.807) is 12.1 Å². The SMILES string of the molecule is Fc1ccc(Nc2cc(Br)ncn2)c(Cl)c1. The quantitative estimate of drug-likeness (QED) is 0.858. The number of hydrogen-bond donors (Lipinski definition) is 1. The molecular weight excluding hydrogens is 296 g/mol. The van der Waals surface area contributed by atoms with Gasteiger partial charge in [-0.15, -0.1) is 0 Å². The predicted octanol–water partition coefficient (Wildman–Crippen LogP) is 3.78. The Labute approximate surface area is 105 Å². The highest BCUT2D eigenvalue weighted by atomic mass is 79.9. The summed E-state index contributed by atoms with van der Waals surface area (Å²) >= 11 is 9.08. The van der Waals surface area contributed by atoms with E-state index < -0.39 is 0 Å². The van der Waals surface area contributed by atoms with Crippen molar-refractivity contribution >= 4 is 39.0 Å². The molecule has 2 aromatic rings. The van der Waals surface area contributed by atoms with Crippen LogP contribution in [0.3, 0.4) is 0 Å². The Kier molecular flexibility index (Phi) is 3.36. The van der Waals surface area contributed by atoms with Gasteiger partial charge in [0.1, 0.15) is 22.6 Å². The Morgan fingerprint density at radius 3 is 2.75 bits per heavy atom. The second-order valence-electron chi connectivity index (χ2n) is 2.98. The van der Waals surface area contributed by atoms with E-state index in [0.717, 1.165) is 0 Å². The fourth-order valence-corrected chi connectivity index (χ4v) is 1.65. The number of anilines is 2. The smallest absolute Gasteiger partial charge is 0.134 e. The molecule has 82 valence electrons. The molecule has 0 aliphatic rings. The monoisotopic (exact) mass is 301 g/mol.